The smallest absolute Gasteiger partial charge is 0.417 e. The van der Waals surface area contributed by atoms with E-state index >= 15 is 0 Å². The summed E-state index contributed by atoms with van der Waals surface area (Å²) in [5, 5.41) is 0. The lowest BCUT2D eigenvalue weighted by molar-refractivity contribution is -0.177. The molecule has 0 spiro atoms. The predicted molar refractivity (Wildman–Crippen MR) is 71.8 cm³/mol. The van der Waals surface area contributed by atoms with Crippen molar-refractivity contribution in [2.45, 2.75) is 71.6 Å². The van der Waals surface area contributed by atoms with Crippen LogP contribution in [0.2, 0.25) is 0 Å². The molecule has 110 valence electrons. The first-order valence-electron chi connectivity index (χ1n) is 6.87. The molecule has 1 aliphatic heterocycles. The second kappa shape index (κ2) is 5.49. The van der Waals surface area contributed by atoms with Crippen LogP contribution in [0.15, 0.2) is 0 Å². The molecule has 0 bridgehead atoms. The van der Waals surface area contributed by atoms with Gasteiger partial charge in [-0.25, -0.2) is 9.69 Å². The van der Waals surface area contributed by atoms with Crippen LogP contribution in [-0.4, -0.2) is 40.8 Å². The van der Waals surface area contributed by atoms with Crippen molar-refractivity contribution in [1.29, 1.82) is 0 Å². The zero-order valence-electron chi connectivity index (χ0n) is 12.8. The Bertz CT molecular complexity index is 355. The van der Waals surface area contributed by atoms with Gasteiger partial charge < -0.3 is 9.47 Å². The van der Waals surface area contributed by atoms with Gasteiger partial charge in [0.15, 0.2) is 0 Å². The molecule has 0 N–H and O–H groups in total. The van der Waals surface area contributed by atoms with Crippen LogP contribution in [-0.2, 0) is 14.3 Å². The number of carbonyl (C=O) groups excluding carboxylic acids is 2. The van der Waals surface area contributed by atoms with E-state index in [1.807, 2.05) is 13.8 Å². The zero-order chi connectivity index (χ0) is 14.8. The first kappa shape index (κ1) is 16.0. The fourth-order valence-electron chi connectivity index (χ4n) is 2.17. The summed E-state index contributed by atoms with van der Waals surface area (Å²) < 4.78 is 11.0. The van der Waals surface area contributed by atoms with Crippen LogP contribution in [0.4, 0.5) is 4.79 Å². The molecule has 1 rings (SSSR count). The number of hydrogen-bond acceptors (Lipinski definition) is 4. The Morgan fingerprint density at radius 2 is 1.95 bits per heavy atom. The van der Waals surface area contributed by atoms with E-state index in [1.54, 1.807) is 27.7 Å². The third kappa shape index (κ3) is 3.26. The van der Waals surface area contributed by atoms with Crippen LogP contribution < -0.4 is 0 Å². The topological polar surface area (TPSA) is 55.8 Å². The summed E-state index contributed by atoms with van der Waals surface area (Å²) in [5.41, 5.74) is -1.50. The van der Waals surface area contributed by atoms with Gasteiger partial charge in [-0.2, -0.15) is 0 Å². The Morgan fingerprint density at radius 1 is 1.42 bits per heavy atom. The van der Waals surface area contributed by atoms with E-state index in [-0.39, 0.29) is 11.9 Å². The number of rotatable bonds is 2. The normalized spacial score (nSPS) is 23.4. The summed E-state index contributed by atoms with van der Waals surface area (Å²) in [6.07, 6.45) is 0.516. The maximum atomic E-state index is 12.5. The molecule has 5 nitrogen and oxygen atoms in total. The molecule has 2 amide bonds. The van der Waals surface area contributed by atoms with E-state index in [2.05, 4.69) is 0 Å². The van der Waals surface area contributed by atoms with Crippen LogP contribution in [0.3, 0.4) is 0 Å². The molecule has 1 aliphatic rings. The molecule has 0 unspecified atom stereocenters. The first-order chi connectivity index (χ1) is 8.67. The van der Waals surface area contributed by atoms with Crippen LogP contribution >= 0.6 is 0 Å². The average Bonchev–Trinajstić information content (AvgIpc) is 2.28. The van der Waals surface area contributed by atoms with Crippen LogP contribution in [0.1, 0.15) is 54.4 Å². The fraction of sp³-hybridized carbons (Fsp3) is 0.857. The second-order valence-corrected chi connectivity index (χ2v) is 6.02. The van der Waals surface area contributed by atoms with E-state index in [0.717, 1.165) is 0 Å². The van der Waals surface area contributed by atoms with Gasteiger partial charge in [-0.3, -0.25) is 4.79 Å². The fourth-order valence-corrected chi connectivity index (χ4v) is 2.17. The third-order valence-electron chi connectivity index (χ3n) is 3.38. The zero-order valence-corrected chi connectivity index (χ0v) is 12.8. The monoisotopic (exact) mass is 271 g/mol. The van der Waals surface area contributed by atoms with Gasteiger partial charge in [-0.15, -0.1) is 0 Å². The van der Waals surface area contributed by atoms with Crippen molar-refractivity contribution >= 4 is 12.0 Å². The predicted octanol–water partition coefficient (Wildman–Crippen LogP) is 2.73. The molecule has 0 aromatic heterocycles. The van der Waals surface area contributed by atoms with E-state index in [4.69, 9.17) is 9.47 Å². The first-order valence-corrected chi connectivity index (χ1v) is 6.87. The summed E-state index contributed by atoms with van der Waals surface area (Å²) in [4.78, 5) is 25.9. The Hall–Kier alpha value is -1.10. The van der Waals surface area contributed by atoms with Crippen molar-refractivity contribution in [2.24, 2.45) is 0 Å². The highest BCUT2D eigenvalue weighted by molar-refractivity contribution is 5.98. The quantitative estimate of drug-likeness (QED) is 0.775. The van der Waals surface area contributed by atoms with E-state index in [0.29, 0.717) is 19.4 Å². The molecule has 1 atom stereocenters. The van der Waals surface area contributed by atoms with Gasteiger partial charge in [-0.1, -0.05) is 13.8 Å². The standard InChI is InChI=1S/C14H25NO4/c1-7-14(8-2)11(16)15(10(3)9-18-14)12(17)19-13(4,5)6/h10H,7-9H2,1-6H3/t10-/m1/s1. The highest BCUT2D eigenvalue weighted by atomic mass is 16.6. The molecule has 1 fully saturated rings. The van der Waals surface area contributed by atoms with Crippen molar-refractivity contribution in [3.05, 3.63) is 0 Å². The summed E-state index contributed by atoms with van der Waals surface area (Å²) in [5.74, 6) is -0.287. The minimum Gasteiger partial charge on any atom is -0.443 e. The van der Waals surface area contributed by atoms with Crippen molar-refractivity contribution in [3.63, 3.8) is 0 Å². The van der Waals surface area contributed by atoms with Gasteiger partial charge in [0.1, 0.15) is 11.2 Å². The molecule has 1 saturated heterocycles. The van der Waals surface area contributed by atoms with E-state index in [1.165, 1.54) is 4.90 Å². The van der Waals surface area contributed by atoms with Crippen LogP contribution in [0.5, 0.6) is 0 Å². The SMILES string of the molecule is CCC1(CC)OC[C@@H](C)N(C(=O)OC(C)(C)C)C1=O. The second-order valence-electron chi connectivity index (χ2n) is 6.02. The molecule has 0 aromatic carbocycles. The van der Waals surface area contributed by atoms with Gasteiger partial charge in [0.2, 0.25) is 0 Å². The molecular formula is C14H25NO4. The molecule has 0 aliphatic carbocycles. The van der Waals surface area contributed by atoms with Gasteiger partial charge in [0.05, 0.1) is 12.6 Å². The van der Waals surface area contributed by atoms with Gasteiger partial charge in [0, 0.05) is 0 Å². The number of imide groups is 1. The van der Waals surface area contributed by atoms with E-state index in [9.17, 15) is 9.59 Å². The number of ether oxygens (including phenoxy) is 2. The third-order valence-corrected chi connectivity index (χ3v) is 3.38. The van der Waals surface area contributed by atoms with Crippen LogP contribution in [0, 0.1) is 0 Å². The molecule has 0 saturated carbocycles. The Labute approximate surface area is 115 Å². The highest BCUT2D eigenvalue weighted by Crippen LogP contribution is 2.30. The molecule has 0 aromatic rings. The Kier molecular flexibility index (Phi) is 4.61. The molecule has 5 heteroatoms. The number of morpholine rings is 1. The van der Waals surface area contributed by atoms with Crippen molar-refractivity contribution in [1.82, 2.24) is 4.90 Å². The lowest BCUT2D eigenvalue weighted by Crippen LogP contribution is -2.62. The largest absolute Gasteiger partial charge is 0.443 e. The summed E-state index contributed by atoms with van der Waals surface area (Å²) in [7, 11) is 0. The number of amides is 2. The van der Waals surface area contributed by atoms with Crippen molar-refractivity contribution in [3.8, 4) is 0 Å². The summed E-state index contributed by atoms with van der Waals surface area (Å²) in [6.45, 7) is 11.3. The lowest BCUT2D eigenvalue weighted by atomic mass is 9.93. The number of carbonyl (C=O) groups is 2. The minimum absolute atomic E-state index is 0.287. The van der Waals surface area contributed by atoms with Crippen molar-refractivity contribution < 1.29 is 19.1 Å². The van der Waals surface area contributed by atoms with Gasteiger partial charge in [0.25, 0.3) is 5.91 Å². The van der Waals surface area contributed by atoms with Gasteiger partial charge in [-0.05, 0) is 40.5 Å². The van der Waals surface area contributed by atoms with E-state index < -0.39 is 17.3 Å². The van der Waals surface area contributed by atoms with Gasteiger partial charge >= 0.3 is 6.09 Å². The molecule has 0 radical (unpaired) electrons. The Morgan fingerprint density at radius 3 is 2.37 bits per heavy atom. The highest BCUT2D eigenvalue weighted by Gasteiger charge is 2.48. The van der Waals surface area contributed by atoms with Crippen LogP contribution in [0.25, 0.3) is 0 Å². The lowest BCUT2D eigenvalue weighted by Gasteiger charge is -2.43. The maximum Gasteiger partial charge on any atom is 0.417 e. The molecule has 1 heterocycles. The summed E-state index contributed by atoms with van der Waals surface area (Å²) >= 11 is 0. The molecule has 19 heavy (non-hydrogen) atoms. The maximum absolute atomic E-state index is 12.5. The average molecular weight is 271 g/mol. The number of nitrogens with zero attached hydrogens (tertiary/aromatic N) is 1. The molecular weight excluding hydrogens is 246 g/mol. The number of hydrogen-bond donors (Lipinski definition) is 0. The Balaban J connectivity index is 2.97. The minimum atomic E-state index is -0.886. The van der Waals surface area contributed by atoms with Crippen molar-refractivity contribution in [2.75, 3.05) is 6.61 Å². The summed E-state index contributed by atoms with van der Waals surface area (Å²) in [6, 6.07) is -0.298.